The molecule has 0 radical (unpaired) electrons. The molecule has 23 heavy (non-hydrogen) atoms. The topological polar surface area (TPSA) is 72.7 Å². The van der Waals surface area contributed by atoms with Crippen molar-refractivity contribution >= 4 is 23.3 Å². The van der Waals surface area contributed by atoms with Gasteiger partial charge >= 0.3 is 0 Å². The molecule has 3 aromatic heterocycles. The summed E-state index contributed by atoms with van der Waals surface area (Å²) in [6.45, 7) is 1.13. The molecule has 0 spiro atoms. The highest BCUT2D eigenvalue weighted by Crippen LogP contribution is 2.12. The van der Waals surface area contributed by atoms with Crippen LogP contribution in [0.1, 0.15) is 4.88 Å². The lowest BCUT2D eigenvalue weighted by atomic mass is 10.4. The number of hydrogen-bond acceptors (Lipinski definition) is 5. The van der Waals surface area contributed by atoms with E-state index in [0.29, 0.717) is 18.8 Å². The molecule has 116 valence electrons. The molecule has 6 nitrogen and oxygen atoms in total. The molecule has 1 N–H and O–H groups in total. The van der Waals surface area contributed by atoms with Gasteiger partial charge in [0.25, 0.3) is 0 Å². The zero-order valence-electron chi connectivity index (χ0n) is 12.3. The summed E-state index contributed by atoms with van der Waals surface area (Å²) >= 11 is 1.59. The SMILES string of the molecule is O=C(/C=C/c1cccs1)NCCn1ccnc1-c1cnccn1. The predicted molar refractivity (Wildman–Crippen MR) is 89.6 cm³/mol. The number of imidazole rings is 1. The second-order valence-corrected chi connectivity index (χ2v) is 5.65. The molecule has 0 bridgehead atoms. The summed E-state index contributed by atoms with van der Waals surface area (Å²) < 4.78 is 1.94. The van der Waals surface area contributed by atoms with Gasteiger partial charge in [-0.1, -0.05) is 6.07 Å². The van der Waals surface area contributed by atoms with Crippen molar-refractivity contribution in [3.63, 3.8) is 0 Å². The van der Waals surface area contributed by atoms with Gasteiger partial charge in [0.2, 0.25) is 5.91 Å². The average molecular weight is 325 g/mol. The predicted octanol–water partition coefficient (Wildman–Crippen LogP) is 2.23. The third-order valence-corrected chi connectivity index (χ3v) is 3.94. The maximum Gasteiger partial charge on any atom is 0.244 e. The number of thiophene rings is 1. The molecular weight excluding hydrogens is 310 g/mol. The van der Waals surface area contributed by atoms with Crippen LogP contribution in [0.2, 0.25) is 0 Å². The van der Waals surface area contributed by atoms with Crippen LogP contribution in [0.3, 0.4) is 0 Å². The second kappa shape index (κ2) is 7.46. The van der Waals surface area contributed by atoms with Crippen molar-refractivity contribution < 1.29 is 4.79 Å². The minimum absolute atomic E-state index is 0.112. The van der Waals surface area contributed by atoms with Gasteiger partial charge in [0.15, 0.2) is 5.82 Å². The van der Waals surface area contributed by atoms with Crippen molar-refractivity contribution in [2.24, 2.45) is 0 Å². The highest BCUT2D eigenvalue weighted by molar-refractivity contribution is 7.10. The van der Waals surface area contributed by atoms with E-state index in [2.05, 4.69) is 20.3 Å². The van der Waals surface area contributed by atoms with Gasteiger partial charge < -0.3 is 9.88 Å². The second-order valence-electron chi connectivity index (χ2n) is 4.67. The van der Waals surface area contributed by atoms with E-state index < -0.39 is 0 Å². The lowest BCUT2D eigenvalue weighted by Gasteiger charge is -2.07. The highest BCUT2D eigenvalue weighted by Gasteiger charge is 2.07. The smallest absolute Gasteiger partial charge is 0.244 e. The number of carbonyl (C=O) groups is 1. The van der Waals surface area contributed by atoms with Crippen LogP contribution in [0.4, 0.5) is 0 Å². The van der Waals surface area contributed by atoms with E-state index in [1.54, 1.807) is 42.2 Å². The van der Waals surface area contributed by atoms with E-state index in [1.807, 2.05) is 34.4 Å². The first-order valence-electron chi connectivity index (χ1n) is 7.10. The van der Waals surface area contributed by atoms with Gasteiger partial charge in [0.05, 0.1) is 6.20 Å². The molecule has 0 atom stereocenters. The molecule has 3 rings (SSSR count). The molecule has 1 amide bonds. The van der Waals surface area contributed by atoms with Gasteiger partial charge in [-0.25, -0.2) is 9.97 Å². The maximum absolute atomic E-state index is 11.8. The molecule has 0 aromatic carbocycles. The maximum atomic E-state index is 11.8. The van der Waals surface area contributed by atoms with Crippen LogP contribution in [0.15, 0.2) is 54.6 Å². The number of aromatic nitrogens is 4. The summed E-state index contributed by atoms with van der Waals surface area (Å²) in [7, 11) is 0. The normalized spacial score (nSPS) is 11.0. The fourth-order valence-electron chi connectivity index (χ4n) is 2.04. The third-order valence-electron chi connectivity index (χ3n) is 3.10. The number of amides is 1. The number of nitrogens with zero attached hydrogens (tertiary/aromatic N) is 4. The molecule has 0 aliphatic heterocycles. The van der Waals surface area contributed by atoms with Gasteiger partial charge in [0.1, 0.15) is 5.69 Å². The zero-order chi connectivity index (χ0) is 15.9. The van der Waals surface area contributed by atoms with Crippen molar-refractivity contribution in [3.05, 3.63) is 59.5 Å². The van der Waals surface area contributed by atoms with Crippen LogP contribution in [0.5, 0.6) is 0 Å². The van der Waals surface area contributed by atoms with Crippen LogP contribution < -0.4 is 5.32 Å². The standard InChI is InChI=1S/C16H15N5OS/c22-15(4-3-13-2-1-11-23-13)19-7-9-21-10-8-20-16(21)14-12-17-5-6-18-14/h1-6,8,10-12H,7,9H2,(H,19,22)/b4-3+. The Hall–Kier alpha value is -2.80. The summed E-state index contributed by atoms with van der Waals surface area (Å²) in [5.74, 6) is 0.626. The van der Waals surface area contributed by atoms with Crippen molar-refractivity contribution in [2.45, 2.75) is 6.54 Å². The van der Waals surface area contributed by atoms with Crippen molar-refractivity contribution in [2.75, 3.05) is 6.54 Å². The minimum atomic E-state index is -0.112. The Bertz CT molecular complexity index is 780. The van der Waals surface area contributed by atoms with Crippen LogP contribution >= 0.6 is 11.3 Å². The molecular formula is C16H15N5OS. The van der Waals surface area contributed by atoms with E-state index >= 15 is 0 Å². The average Bonchev–Trinajstić information content (AvgIpc) is 3.25. The van der Waals surface area contributed by atoms with Crippen LogP contribution in [0.25, 0.3) is 17.6 Å². The lowest BCUT2D eigenvalue weighted by Crippen LogP contribution is -2.25. The Kier molecular flexibility index (Phi) is 4.90. The van der Waals surface area contributed by atoms with E-state index in [4.69, 9.17) is 0 Å². The number of hydrogen-bond donors (Lipinski definition) is 1. The van der Waals surface area contributed by atoms with E-state index in [9.17, 15) is 4.79 Å². The molecule has 0 aliphatic rings. The summed E-state index contributed by atoms with van der Waals surface area (Å²) in [6, 6.07) is 3.92. The van der Waals surface area contributed by atoms with Crippen LogP contribution in [0, 0.1) is 0 Å². The first-order chi connectivity index (χ1) is 11.3. The molecule has 7 heteroatoms. The Morgan fingerprint density at radius 3 is 3.04 bits per heavy atom. The van der Waals surface area contributed by atoms with Gasteiger partial charge in [0, 0.05) is 48.8 Å². The van der Waals surface area contributed by atoms with Crippen molar-refractivity contribution in [1.82, 2.24) is 24.8 Å². The zero-order valence-corrected chi connectivity index (χ0v) is 13.1. The van der Waals surface area contributed by atoms with Gasteiger partial charge in [-0.3, -0.25) is 9.78 Å². The molecule has 3 heterocycles. The summed E-state index contributed by atoms with van der Waals surface area (Å²) in [4.78, 5) is 25.4. The number of carbonyl (C=O) groups excluding carboxylic acids is 1. The summed E-state index contributed by atoms with van der Waals surface area (Å²) in [6.07, 6.45) is 11.8. The van der Waals surface area contributed by atoms with Crippen LogP contribution in [-0.2, 0) is 11.3 Å². The highest BCUT2D eigenvalue weighted by atomic mass is 32.1. The number of rotatable bonds is 6. The Morgan fingerprint density at radius 1 is 1.30 bits per heavy atom. The van der Waals surface area contributed by atoms with Gasteiger partial charge in [-0.2, -0.15) is 0 Å². The fourth-order valence-corrected chi connectivity index (χ4v) is 2.66. The van der Waals surface area contributed by atoms with E-state index in [1.165, 1.54) is 0 Å². The van der Waals surface area contributed by atoms with Crippen LogP contribution in [-0.4, -0.2) is 32.0 Å². The Morgan fingerprint density at radius 2 is 2.26 bits per heavy atom. The molecule has 0 saturated heterocycles. The minimum Gasteiger partial charge on any atom is -0.351 e. The fraction of sp³-hybridized carbons (Fsp3) is 0.125. The van der Waals surface area contributed by atoms with E-state index in [0.717, 1.165) is 10.7 Å². The van der Waals surface area contributed by atoms with E-state index in [-0.39, 0.29) is 5.91 Å². The molecule has 0 fully saturated rings. The molecule has 0 saturated carbocycles. The van der Waals surface area contributed by atoms with Crippen molar-refractivity contribution in [1.29, 1.82) is 0 Å². The van der Waals surface area contributed by atoms with Gasteiger partial charge in [-0.05, 0) is 17.5 Å². The number of nitrogens with one attached hydrogen (secondary N) is 1. The molecule has 3 aromatic rings. The van der Waals surface area contributed by atoms with Gasteiger partial charge in [-0.15, -0.1) is 11.3 Å². The quantitative estimate of drug-likeness (QED) is 0.705. The third kappa shape index (κ3) is 4.10. The molecule has 0 unspecified atom stereocenters. The van der Waals surface area contributed by atoms with Crippen molar-refractivity contribution in [3.8, 4) is 11.5 Å². The summed E-state index contributed by atoms with van der Waals surface area (Å²) in [5, 5.41) is 4.83. The Labute approximate surface area is 137 Å². The molecule has 0 aliphatic carbocycles. The Balaban J connectivity index is 1.54. The first-order valence-corrected chi connectivity index (χ1v) is 7.98. The first kappa shape index (κ1) is 15.1. The monoisotopic (exact) mass is 325 g/mol. The lowest BCUT2D eigenvalue weighted by molar-refractivity contribution is -0.116. The summed E-state index contributed by atoms with van der Waals surface area (Å²) in [5.41, 5.74) is 0.710. The largest absolute Gasteiger partial charge is 0.351 e.